The zero-order valence-electron chi connectivity index (χ0n) is 13.6. The third kappa shape index (κ3) is 2.20. The standard InChI is InChI=1S/C17H18BN3O3/c1-9-13-7-10(3-5-12(13)17(19)21-20-9)15-14(23-2)6-4-11-8-24-18(22)16(11)15/h3,5-7,11,22H,4,8H2,1-2H3,(H2,19,21). The number of nitrogen functional groups attached to an aromatic ring is 1. The lowest BCUT2D eigenvalue weighted by atomic mass is 9.67. The summed E-state index contributed by atoms with van der Waals surface area (Å²) in [5.74, 6) is 1.36. The number of hydrogen-bond donors (Lipinski definition) is 2. The van der Waals surface area contributed by atoms with Crippen LogP contribution in [-0.4, -0.2) is 36.1 Å². The molecule has 2 aliphatic rings. The molecular formula is C17H18BN3O3. The zero-order chi connectivity index (χ0) is 16.8. The molecular weight excluding hydrogens is 305 g/mol. The van der Waals surface area contributed by atoms with Crippen molar-refractivity contribution < 1.29 is 14.4 Å². The van der Waals surface area contributed by atoms with Gasteiger partial charge < -0.3 is 20.1 Å². The largest absolute Gasteiger partial charge is 0.496 e. The van der Waals surface area contributed by atoms with E-state index in [0.29, 0.717) is 12.4 Å². The average Bonchev–Trinajstić information content (AvgIpc) is 2.98. The lowest BCUT2D eigenvalue weighted by molar-refractivity contribution is 0.272. The van der Waals surface area contributed by atoms with Gasteiger partial charge in [-0.15, -0.1) is 5.10 Å². The summed E-state index contributed by atoms with van der Waals surface area (Å²) in [7, 11) is 0.756. The van der Waals surface area contributed by atoms with Gasteiger partial charge in [-0.05, 0) is 42.6 Å². The van der Waals surface area contributed by atoms with Crippen LogP contribution in [0, 0.1) is 12.8 Å². The van der Waals surface area contributed by atoms with Gasteiger partial charge >= 0.3 is 7.12 Å². The average molecular weight is 323 g/mol. The van der Waals surface area contributed by atoms with Crippen LogP contribution in [0.15, 0.2) is 35.5 Å². The topological polar surface area (TPSA) is 90.5 Å². The van der Waals surface area contributed by atoms with Crippen molar-refractivity contribution in [1.82, 2.24) is 10.2 Å². The van der Waals surface area contributed by atoms with Crippen molar-refractivity contribution in [3.63, 3.8) is 0 Å². The van der Waals surface area contributed by atoms with Gasteiger partial charge in [0, 0.05) is 28.9 Å². The molecule has 1 atom stereocenters. The summed E-state index contributed by atoms with van der Waals surface area (Å²) in [6.07, 6.45) is 2.87. The first-order valence-corrected chi connectivity index (χ1v) is 7.91. The number of methoxy groups -OCH3 is 1. The third-order valence-electron chi connectivity index (χ3n) is 4.79. The molecule has 1 aromatic heterocycles. The normalized spacial score (nSPS) is 20.4. The monoisotopic (exact) mass is 323 g/mol. The highest BCUT2D eigenvalue weighted by atomic mass is 16.5. The lowest BCUT2D eigenvalue weighted by Crippen LogP contribution is -2.19. The number of rotatable bonds is 2. The van der Waals surface area contributed by atoms with E-state index in [9.17, 15) is 5.02 Å². The molecule has 1 fully saturated rings. The molecule has 0 saturated carbocycles. The second kappa shape index (κ2) is 5.61. The summed E-state index contributed by atoms with van der Waals surface area (Å²) >= 11 is 0. The van der Waals surface area contributed by atoms with E-state index in [1.807, 2.05) is 25.1 Å². The Kier molecular flexibility index (Phi) is 3.55. The molecule has 1 aliphatic heterocycles. The fourth-order valence-electron chi connectivity index (χ4n) is 3.56. The van der Waals surface area contributed by atoms with E-state index in [4.69, 9.17) is 15.1 Å². The van der Waals surface area contributed by atoms with Gasteiger partial charge in [-0.2, -0.15) is 5.10 Å². The van der Waals surface area contributed by atoms with Crippen LogP contribution >= 0.6 is 0 Å². The SMILES string of the molecule is COC1=CCC2COB(O)C2=C1c1ccc2c(N)nnc(C)c2c1. The minimum atomic E-state index is -0.888. The first-order valence-electron chi connectivity index (χ1n) is 7.91. The van der Waals surface area contributed by atoms with Crippen molar-refractivity contribution in [2.45, 2.75) is 13.3 Å². The first kappa shape index (κ1) is 15.2. The van der Waals surface area contributed by atoms with Gasteiger partial charge in [-0.3, -0.25) is 0 Å². The number of nitrogens with two attached hydrogens (primary N) is 1. The molecule has 0 radical (unpaired) electrons. The van der Waals surface area contributed by atoms with Crippen molar-refractivity contribution in [2.24, 2.45) is 5.92 Å². The molecule has 0 spiro atoms. The maximum atomic E-state index is 10.3. The summed E-state index contributed by atoms with van der Waals surface area (Å²) in [6.45, 7) is 2.43. The Hall–Kier alpha value is -2.38. The summed E-state index contributed by atoms with van der Waals surface area (Å²) in [5, 5.41) is 20.2. The number of ether oxygens (including phenoxy) is 1. The van der Waals surface area contributed by atoms with E-state index < -0.39 is 7.12 Å². The van der Waals surface area contributed by atoms with Crippen molar-refractivity contribution in [3.05, 3.63) is 46.8 Å². The fraction of sp³-hybridized carbons (Fsp3) is 0.294. The first-order chi connectivity index (χ1) is 11.6. The molecule has 122 valence electrons. The van der Waals surface area contributed by atoms with Crippen molar-refractivity contribution in [3.8, 4) is 0 Å². The number of hydrogen-bond acceptors (Lipinski definition) is 6. The van der Waals surface area contributed by atoms with E-state index in [-0.39, 0.29) is 5.92 Å². The number of fused-ring (bicyclic) bond motifs is 2. The maximum absolute atomic E-state index is 10.3. The summed E-state index contributed by atoms with van der Waals surface area (Å²) < 4.78 is 11.0. The Morgan fingerprint density at radius 3 is 2.96 bits per heavy atom. The van der Waals surface area contributed by atoms with Crippen molar-refractivity contribution in [1.29, 1.82) is 0 Å². The van der Waals surface area contributed by atoms with Gasteiger partial charge in [0.2, 0.25) is 0 Å². The van der Waals surface area contributed by atoms with E-state index >= 15 is 0 Å². The smallest absolute Gasteiger partial charge is 0.488 e. The second-order valence-electron chi connectivity index (χ2n) is 6.15. The van der Waals surface area contributed by atoms with Gasteiger partial charge in [0.25, 0.3) is 0 Å². The van der Waals surface area contributed by atoms with E-state index in [1.54, 1.807) is 7.11 Å². The molecule has 2 heterocycles. The molecule has 4 rings (SSSR count). The van der Waals surface area contributed by atoms with E-state index in [2.05, 4.69) is 16.3 Å². The fourth-order valence-corrected chi connectivity index (χ4v) is 3.56. The minimum absolute atomic E-state index is 0.186. The highest BCUT2D eigenvalue weighted by Crippen LogP contribution is 2.41. The Morgan fingerprint density at radius 2 is 2.17 bits per heavy atom. The van der Waals surface area contributed by atoms with Crippen LogP contribution in [-0.2, 0) is 9.39 Å². The molecule has 1 aliphatic carbocycles. The third-order valence-corrected chi connectivity index (χ3v) is 4.79. The van der Waals surface area contributed by atoms with E-state index in [0.717, 1.165) is 45.3 Å². The predicted octanol–water partition coefficient (Wildman–Crippen LogP) is 1.87. The highest BCUT2D eigenvalue weighted by molar-refractivity contribution is 6.55. The van der Waals surface area contributed by atoms with Crippen LogP contribution < -0.4 is 5.73 Å². The predicted molar refractivity (Wildman–Crippen MR) is 92.7 cm³/mol. The maximum Gasteiger partial charge on any atom is 0.488 e. The summed E-state index contributed by atoms with van der Waals surface area (Å²) in [6, 6.07) is 5.94. The van der Waals surface area contributed by atoms with Crippen LogP contribution in [0.1, 0.15) is 17.7 Å². The molecule has 1 unspecified atom stereocenters. The Bertz CT molecular complexity index is 894. The molecule has 0 bridgehead atoms. The van der Waals surface area contributed by atoms with E-state index in [1.165, 1.54) is 0 Å². The Morgan fingerprint density at radius 1 is 1.33 bits per heavy atom. The summed E-state index contributed by atoms with van der Waals surface area (Å²) in [4.78, 5) is 0. The number of anilines is 1. The van der Waals surface area contributed by atoms with Crippen LogP contribution in [0.3, 0.4) is 0 Å². The second-order valence-corrected chi connectivity index (χ2v) is 6.15. The van der Waals surface area contributed by atoms with Crippen LogP contribution in [0.4, 0.5) is 5.82 Å². The van der Waals surface area contributed by atoms with Crippen LogP contribution in [0.25, 0.3) is 16.3 Å². The molecule has 24 heavy (non-hydrogen) atoms. The molecule has 2 aromatic rings. The molecule has 1 aromatic carbocycles. The number of aromatic nitrogens is 2. The summed E-state index contributed by atoms with van der Waals surface area (Å²) in [5.41, 5.74) is 9.49. The molecule has 6 nitrogen and oxygen atoms in total. The number of nitrogens with zero attached hydrogens (tertiary/aromatic N) is 2. The highest BCUT2D eigenvalue weighted by Gasteiger charge is 2.40. The Labute approximate surface area is 140 Å². The van der Waals surface area contributed by atoms with Gasteiger partial charge in [-0.1, -0.05) is 6.07 Å². The molecule has 0 amide bonds. The molecule has 1 saturated heterocycles. The van der Waals surface area contributed by atoms with Crippen molar-refractivity contribution in [2.75, 3.05) is 19.5 Å². The van der Waals surface area contributed by atoms with Crippen LogP contribution in [0.5, 0.6) is 0 Å². The number of benzene rings is 1. The van der Waals surface area contributed by atoms with Gasteiger partial charge in [-0.25, -0.2) is 0 Å². The zero-order valence-corrected chi connectivity index (χ0v) is 13.6. The van der Waals surface area contributed by atoms with Gasteiger partial charge in [0.15, 0.2) is 5.82 Å². The quantitative estimate of drug-likeness (QED) is 0.820. The van der Waals surface area contributed by atoms with Gasteiger partial charge in [0.05, 0.1) is 12.8 Å². The van der Waals surface area contributed by atoms with Gasteiger partial charge in [0.1, 0.15) is 5.76 Å². The molecule has 3 N–H and O–H groups in total. The lowest BCUT2D eigenvalue weighted by Gasteiger charge is -2.23. The van der Waals surface area contributed by atoms with Crippen molar-refractivity contribution >= 4 is 29.3 Å². The Balaban J connectivity index is 1.96. The van der Waals surface area contributed by atoms with Crippen LogP contribution in [0.2, 0.25) is 0 Å². The number of aryl methyl sites for hydroxylation is 1. The molecule has 7 heteroatoms. The number of allylic oxidation sites excluding steroid dienone is 2. The minimum Gasteiger partial charge on any atom is -0.496 e.